The van der Waals surface area contributed by atoms with Crippen LogP contribution in [-0.2, 0) is 14.4 Å². The minimum atomic E-state index is -0.537. The lowest BCUT2D eigenvalue weighted by Gasteiger charge is -2.20. The molecule has 0 fully saturated rings. The largest absolute Gasteiger partial charge is 0.355 e. The first-order valence-corrected chi connectivity index (χ1v) is 5.63. The number of nitrogens with one attached hydrogen (secondary N) is 3. The highest BCUT2D eigenvalue weighted by molar-refractivity contribution is 5.87. The molecule has 6 heteroatoms. The van der Waals surface area contributed by atoms with E-state index in [9.17, 15) is 14.4 Å². The van der Waals surface area contributed by atoms with Crippen LogP contribution in [0.5, 0.6) is 0 Å². The molecule has 0 aliphatic heterocycles. The van der Waals surface area contributed by atoms with Crippen LogP contribution >= 0.6 is 0 Å². The van der Waals surface area contributed by atoms with E-state index in [1.54, 1.807) is 0 Å². The molecule has 0 aromatic carbocycles. The Balaban J connectivity index is 4.06. The van der Waals surface area contributed by atoms with Crippen molar-refractivity contribution in [2.45, 2.75) is 33.7 Å². The average molecular weight is 243 g/mol. The molecule has 0 saturated heterocycles. The second-order valence-corrected chi connectivity index (χ2v) is 4.20. The Kier molecular flexibility index (Phi) is 6.93. The maximum atomic E-state index is 11.7. The van der Waals surface area contributed by atoms with Gasteiger partial charge in [0.2, 0.25) is 17.7 Å². The number of carbonyl (C=O) groups excluding carboxylic acids is 3. The topological polar surface area (TPSA) is 87.3 Å². The zero-order valence-corrected chi connectivity index (χ0v) is 10.8. The Labute approximate surface area is 102 Å². The van der Waals surface area contributed by atoms with Crippen LogP contribution in [0, 0.1) is 5.92 Å². The molecule has 0 aliphatic carbocycles. The van der Waals surface area contributed by atoms with Gasteiger partial charge in [-0.15, -0.1) is 0 Å². The summed E-state index contributed by atoms with van der Waals surface area (Å²) in [4.78, 5) is 33.3. The Morgan fingerprint density at radius 3 is 1.88 bits per heavy atom. The predicted molar refractivity (Wildman–Crippen MR) is 64.1 cm³/mol. The van der Waals surface area contributed by atoms with Gasteiger partial charge in [0.15, 0.2) is 0 Å². The highest BCUT2D eigenvalue weighted by atomic mass is 16.2. The van der Waals surface area contributed by atoms with E-state index < -0.39 is 6.04 Å². The zero-order valence-electron chi connectivity index (χ0n) is 10.8. The second kappa shape index (κ2) is 7.65. The molecule has 0 aromatic heterocycles. The predicted octanol–water partition coefficient (Wildman–Crippen LogP) is -0.601. The molecule has 0 rings (SSSR count). The van der Waals surface area contributed by atoms with Crippen LogP contribution in [0.3, 0.4) is 0 Å². The summed E-state index contributed by atoms with van der Waals surface area (Å²) < 4.78 is 0. The van der Waals surface area contributed by atoms with E-state index >= 15 is 0 Å². The van der Waals surface area contributed by atoms with E-state index in [2.05, 4.69) is 16.0 Å². The quantitative estimate of drug-likeness (QED) is 0.544. The fraction of sp³-hybridized carbons (Fsp3) is 0.727. The maximum absolute atomic E-state index is 11.7. The van der Waals surface area contributed by atoms with Crippen LogP contribution in [0.25, 0.3) is 0 Å². The highest BCUT2D eigenvalue weighted by Gasteiger charge is 2.22. The summed E-state index contributed by atoms with van der Waals surface area (Å²) in [6, 6.07) is -0.537. The van der Waals surface area contributed by atoms with Crippen LogP contribution in [0.1, 0.15) is 27.7 Å². The smallest absolute Gasteiger partial charge is 0.242 e. The van der Waals surface area contributed by atoms with Crippen molar-refractivity contribution in [2.24, 2.45) is 5.92 Å². The van der Waals surface area contributed by atoms with Gasteiger partial charge in [-0.3, -0.25) is 14.4 Å². The van der Waals surface area contributed by atoms with Gasteiger partial charge in [0.1, 0.15) is 6.04 Å². The van der Waals surface area contributed by atoms with Crippen molar-refractivity contribution in [3.8, 4) is 0 Å². The van der Waals surface area contributed by atoms with Gasteiger partial charge in [-0.1, -0.05) is 13.8 Å². The number of carbonyl (C=O) groups is 3. The highest BCUT2D eigenvalue weighted by Crippen LogP contribution is 2.01. The van der Waals surface area contributed by atoms with Crippen LogP contribution < -0.4 is 16.0 Å². The number of amides is 3. The average Bonchev–Trinajstić information content (AvgIpc) is 2.19. The van der Waals surface area contributed by atoms with Gasteiger partial charge in [0.05, 0.1) is 0 Å². The van der Waals surface area contributed by atoms with Crippen LogP contribution in [0.4, 0.5) is 0 Å². The first-order valence-electron chi connectivity index (χ1n) is 5.63. The van der Waals surface area contributed by atoms with E-state index in [1.165, 1.54) is 13.8 Å². The number of hydrogen-bond donors (Lipinski definition) is 3. The summed E-state index contributed by atoms with van der Waals surface area (Å²) in [7, 11) is 0. The molecule has 1 unspecified atom stereocenters. The van der Waals surface area contributed by atoms with Crippen molar-refractivity contribution >= 4 is 17.7 Å². The first-order chi connectivity index (χ1) is 7.84. The molecule has 3 amide bonds. The standard InChI is InChI=1S/C11H21N3O3/c1-7(2)10(14-9(4)16)11(17)13-6-5-12-8(3)15/h7,10H,5-6H2,1-4H3,(H,12,15)(H,13,17)(H,14,16). The van der Waals surface area contributed by atoms with Gasteiger partial charge in [-0.2, -0.15) is 0 Å². The molecular formula is C11H21N3O3. The van der Waals surface area contributed by atoms with E-state index in [4.69, 9.17) is 0 Å². The van der Waals surface area contributed by atoms with Crippen molar-refractivity contribution < 1.29 is 14.4 Å². The zero-order chi connectivity index (χ0) is 13.4. The van der Waals surface area contributed by atoms with Crippen molar-refractivity contribution in [2.75, 3.05) is 13.1 Å². The minimum absolute atomic E-state index is 0.0136. The van der Waals surface area contributed by atoms with Crippen LogP contribution in [0.15, 0.2) is 0 Å². The van der Waals surface area contributed by atoms with E-state index in [-0.39, 0.29) is 23.6 Å². The summed E-state index contributed by atoms with van der Waals surface area (Å²) in [5.74, 6) is -0.595. The molecule has 0 aromatic rings. The Morgan fingerprint density at radius 2 is 1.47 bits per heavy atom. The van der Waals surface area contributed by atoms with Crippen molar-refractivity contribution in [3.05, 3.63) is 0 Å². The molecule has 0 radical (unpaired) electrons. The minimum Gasteiger partial charge on any atom is -0.355 e. The molecule has 3 N–H and O–H groups in total. The van der Waals surface area contributed by atoms with E-state index in [0.29, 0.717) is 13.1 Å². The molecule has 0 saturated carbocycles. The van der Waals surface area contributed by atoms with E-state index in [0.717, 1.165) is 0 Å². The molecule has 6 nitrogen and oxygen atoms in total. The normalized spacial score (nSPS) is 11.8. The molecule has 98 valence electrons. The van der Waals surface area contributed by atoms with Gasteiger partial charge in [0.25, 0.3) is 0 Å². The number of hydrogen-bond acceptors (Lipinski definition) is 3. The summed E-state index contributed by atoms with van der Waals surface area (Å²) in [6.07, 6.45) is 0. The van der Waals surface area contributed by atoms with Gasteiger partial charge in [-0.05, 0) is 5.92 Å². The Hall–Kier alpha value is -1.59. The van der Waals surface area contributed by atoms with Crippen molar-refractivity contribution in [1.82, 2.24) is 16.0 Å². The molecule has 0 aliphatic rings. The van der Waals surface area contributed by atoms with Crippen molar-refractivity contribution in [1.29, 1.82) is 0 Å². The molecule has 0 spiro atoms. The van der Waals surface area contributed by atoms with Crippen molar-refractivity contribution in [3.63, 3.8) is 0 Å². The molecule has 1 atom stereocenters. The Bertz CT molecular complexity index is 290. The third-order valence-corrected chi connectivity index (χ3v) is 2.11. The monoisotopic (exact) mass is 243 g/mol. The molecule has 0 bridgehead atoms. The van der Waals surface area contributed by atoms with Crippen LogP contribution in [-0.4, -0.2) is 36.9 Å². The summed E-state index contributed by atoms with van der Waals surface area (Å²) in [6.45, 7) is 7.23. The lowest BCUT2D eigenvalue weighted by Crippen LogP contribution is -2.50. The summed E-state index contributed by atoms with van der Waals surface area (Å²) in [5, 5.41) is 7.82. The Morgan fingerprint density at radius 1 is 0.941 bits per heavy atom. The number of rotatable bonds is 6. The van der Waals surface area contributed by atoms with E-state index in [1.807, 2.05) is 13.8 Å². The lowest BCUT2D eigenvalue weighted by molar-refractivity contribution is -0.129. The fourth-order valence-electron chi connectivity index (χ4n) is 1.29. The van der Waals surface area contributed by atoms with Gasteiger partial charge in [0, 0.05) is 26.9 Å². The van der Waals surface area contributed by atoms with Gasteiger partial charge >= 0.3 is 0 Å². The summed E-state index contributed by atoms with van der Waals surface area (Å²) >= 11 is 0. The van der Waals surface area contributed by atoms with Gasteiger partial charge < -0.3 is 16.0 Å². The van der Waals surface area contributed by atoms with Crippen LogP contribution in [0.2, 0.25) is 0 Å². The maximum Gasteiger partial charge on any atom is 0.242 e. The van der Waals surface area contributed by atoms with Gasteiger partial charge in [-0.25, -0.2) is 0 Å². The molecular weight excluding hydrogens is 222 g/mol. The SMILES string of the molecule is CC(=O)NCCNC(=O)C(NC(C)=O)C(C)C. The third kappa shape index (κ3) is 7.32. The molecule has 17 heavy (non-hydrogen) atoms. The fourth-order valence-corrected chi connectivity index (χ4v) is 1.29. The third-order valence-electron chi connectivity index (χ3n) is 2.11. The molecule has 0 heterocycles. The summed E-state index contributed by atoms with van der Waals surface area (Å²) in [5.41, 5.74) is 0. The first kappa shape index (κ1) is 15.4. The lowest BCUT2D eigenvalue weighted by atomic mass is 10.0. The second-order valence-electron chi connectivity index (χ2n) is 4.20.